The molecule has 1 heterocycles. The molecule has 2 atom stereocenters. The molecule has 1 N–H and O–H groups in total. The van der Waals surface area contributed by atoms with Crippen molar-refractivity contribution >= 4 is 5.91 Å². The number of hydrogen-bond acceptors (Lipinski definition) is 3. The highest BCUT2D eigenvalue weighted by Gasteiger charge is 2.27. The molecule has 120 valence electrons. The lowest BCUT2D eigenvalue weighted by Gasteiger charge is -2.35. The minimum atomic E-state index is 0.241. The molecule has 0 spiro atoms. The lowest BCUT2D eigenvalue weighted by molar-refractivity contribution is -0.123. The third-order valence-corrected chi connectivity index (χ3v) is 5.35. The van der Waals surface area contributed by atoms with E-state index in [0.717, 1.165) is 38.0 Å². The van der Waals surface area contributed by atoms with E-state index in [1.54, 1.807) is 0 Å². The fourth-order valence-corrected chi connectivity index (χ4v) is 3.84. The molecule has 2 aliphatic carbocycles. The van der Waals surface area contributed by atoms with Crippen molar-refractivity contribution in [1.29, 1.82) is 0 Å². The summed E-state index contributed by atoms with van der Waals surface area (Å²) in [4.78, 5) is 17.1. The minimum Gasteiger partial charge on any atom is -0.352 e. The highest BCUT2D eigenvalue weighted by Crippen LogP contribution is 2.29. The van der Waals surface area contributed by atoms with Gasteiger partial charge in [0.05, 0.1) is 6.54 Å². The highest BCUT2D eigenvalue weighted by molar-refractivity contribution is 5.78. The van der Waals surface area contributed by atoms with Gasteiger partial charge in [-0.05, 0) is 37.5 Å². The largest absolute Gasteiger partial charge is 0.352 e. The number of nitrogens with one attached hydrogen (secondary N) is 1. The van der Waals surface area contributed by atoms with Gasteiger partial charge in [0, 0.05) is 38.8 Å². The van der Waals surface area contributed by atoms with Crippen molar-refractivity contribution in [2.45, 2.75) is 51.5 Å². The Balaban J connectivity index is 1.33. The molecule has 1 amide bonds. The molecular formula is C17H31N3O. The summed E-state index contributed by atoms with van der Waals surface area (Å²) in [6, 6.07) is 0.428. The summed E-state index contributed by atoms with van der Waals surface area (Å²) < 4.78 is 0. The first-order valence-corrected chi connectivity index (χ1v) is 8.93. The van der Waals surface area contributed by atoms with Crippen molar-refractivity contribution in [3.63, 3.8) is 0 Å². The summed E-state index contributed by atoms with van der Waals surface area (Å²) in [6.07, 6.45) is 7.80. The van der Waals surface area contributed by atoms with Crippen LogP contribution in [0, 0.1) is 11.8 Å². The number of hydrogen-bond donors (Lipinski definition) is 1. The molecule has 3 rings (SSSR count). The number of nitrogens with zero attached hydrogens (tertiary/aromatic N) is 2. The van der Waals surface area contributed by atoms with Gasteiger partial charge >= 0.3 is 0 Å². The van der Waals surface area contributed by atoms with E-state index in [2.05, 4.69) is 22.0 Å². The van der Waals surface area contributed by atoms with Gasteiger partial charge in [-0.2, -0.15) is 0 Å². The molecule has 1 aliphatic heterocycles. The number of piperazine rings is 1. The van der Waals surface area contributed by atoms with Crippen LogP contribution in [0.15, 0.2) is 0 Å². The van der Waals surface area contributed by atoms with Gasteiger partial charge in [0.2, 0.25) is 5.91 Å². The molecule has 21 heavy (non-hydrogen) atoms. The van der Waals surface area contributed by atoms with Crippen LogP contribution in [0.25, 0.3) is 0 Å². The third-order valence-electron chi connectivity index (χ3n) is 5.35. The molecule has 0 radical (unpaired) electrons. The van der Waals surface area contributed by atoms with Gasteiger partial charge in [-0.15, -0.1) is 0 Å². The van der Waals surface area contributed by atoms with Crippen molar-refractivity contribution in [1.82, 2.24) is 15.1 Å². The Morgan fingerprint density at radius 2 is 1.76 bits per heavy atom. The van der Waals surface area contributed by atoms with E-state index in [1.807, 2.05) is 0 Å². The zero-order valence-corrected chi connectivity index (χ0v) is 13.5. The number of carbonyl (C=O) groups is 1. The number of rotatable bonds is 5. The smallest absolute Gasteiger partial charge is 0.234 e. The highest BCUT2D eigenvalue weighted by atomic mass is 16.2. The number of amides is 1. The SMILES string of the molecule is CC1CCCC(NC(=O)CN2CCN(CC3CC3)CC2)C1. The first kappa shape index (κ1) is 15.3. The van der Waals surface area contributed by atoms with Crippen molar-refractivity contribution in [2.75, 3.05) is 39.3 Å². The molecular weight excluding hydrogens is 262 g/mol. The maximum atomic E-state index is 12.2. The second-order valence-electron chi connectivity index (χ2n) is 7.56. The Kier molecular flexibility index (Phi) is 5.17. The Hall–Kier alpha value is -0.610. The monoisotopic (exact) mass is 293 g/mol. The van der Waals surface area contributed by atoms with E-state index in [0.29, 0.717) is 12.6 Å². The van der Waals surface area contributed by atoms with Crippen LogP contribution in [0.3, 0.4) is 0 Å². The maximum Gasteiger partial charge on any atom is 0.234 e. The van der Waals surface area contributed by atoms with Crippen molar-refractivity contribution in [2.24, 2.45) is 11.8 Å². The van der Waals surface area contributed by atoms with Gasteiger partial charge in [0.25, 0.3) is 0 Å². The van der Waals surface area contributed by atoms with Crippen LogP contribution in [0.2, 0.25) is 0 Å². The zero-order valence-electron chi connectivity index (χ0n) is 13.5. The molecule has 2 unspecified atom stereocenters. The van der Waals surface area contributed by atoms with Crippen LogP contribution >= 0.6 is 0 Å². The molecule has 2 saturated carbocycles. The van der Waals surface area contributed by atoms with Crippen LogP contribution in [-0.2, 0) is 4.79 Å². The average Bonchev–Trinajstić information content (AvgIpc) is 3.25. The maximum absolute atomic E-state index is 12.2. The molecule has 0 aromatic carbocycles. The molecule has 1 saturated heterocycles. The van der Waals surface area contributed by atoms with Gasteiger partial charge in [-0.3, -0.25) is 9.69 Å². The van der Waals surface area contributed by atoms with Gasteiger partial charge in [0.15, 0.2) is 0 Å². The Bertz CT molecular complexity index is 348. The molecule has 4 nitrogen and oxygen atoms in total. The van der Waals surface area contributed by atoms with Gasteiger partial charge in [-0.25, -0.2) is 0 Å². The van der Waals surface area contributed by atoms with E-state index in [9.17, 15) is 4.79 Å². The normalized spacial score (nSPS) is 32.0. The van der Waals surface area contributed by atoms with E-state index in [1.165, 1.54) is 45.1 Å². The van der Waals surface area contributed by atoms with Crippen molar-refractivity contribution in [3.8, 4) is 0 Å². The topological polar surface area (TPSA) is 35.6 Å². The number of carbonyl (C=O) groups excluding carboxylic acids is 1. The Morgan fingerprint density at radius 3 is 2.43 bits per heavy atom. The van der Waals surface area contributed by atoms with Crippen LogP contribution < -0.4 is 5.32 Å². The molecule has 0 aromatic heterocycles. The van der Waals surface area contributed by atoms with Crippen LogP contribution in [0.4, 0.5) is 0 Å². The van der Waals surface area contributed by atoms with E-state index >= 15 is 0 Å². The summed E-state index contributed by atoms with van der Waals surface area (Å²) in [5.74, 6) is 1.99. The molecule has 0 aromatic rings. The van der Waals surface area contributed by atoms with Gasteiger partial charge < -0.3 is 10.2 Å². The quantitative estimate of drug-likeness (QED) is 0.838. The van der Waals surface area contributed by atoms with E-state index in [4.69, 9.17) is 0 Å². The first-order valence-electron chi connectivity index (χ1n) is 8.93. The second kappa shape index (κ2) is 7.10. The lowest BCUT2D eigenvalue weighted by atomic mass is 9.87. The summed E-state index contributed by atoms with van der Waals surface area (Å²) in [5.41, 5.74) is 0. The average molecular weight is 293 g/mol. The Morgan fingerprint density at radius 1 is 1.05 bits per heavy atom. The third kappa shape index (κ3) is 4.96. The van der Waals surface area contributed by atoms with E-state index in [-0.39, 0.29) is 5.91 Å². The molecule has 3 fully saturated rings. The molecule has 0 bridgehead atoms. The summed E-state index contributed by atoms with van der Waals surface area (Å²) in [5, 5.41) is 3.26. The van der Waals surface area contributed by atoms with E-state index < -0.39 is 0 Å². The first-order chi connectivity index (χ1) is 10.2. The predicted molar refractivity (Wildman–Crippen MR) is 85.2 cm³/mol. The standard InChI is InChI=1S/C17H31N3O/c1-14-3-2-4-16(11-14)18-17(21)13-20-9-7-19(8-10-20)12-15-5-6-15/h14-16H,2-13H2,1H3,(H,18,21). The van der Waals surface area contributed by atoms with Crippen molar-refractivity contribution < 1.29 is 4.79 Å². The Labute approximate surface area is 129 Å². The van der Waals surface area contributed by atoms with Crippen LogP contribution in [0.5, 0.6) is 0 Å². The van der Waals surface area contributed by atoms with Gasteiger partial charge in [-0.1, -0.05) is 19.8 Å². The lowest BCUT2D eigenvalue weighted by Crippen LogP contribution is -2.51. The van der Waals surface area contributed by atoms with Gasteiger partial charge in [0.1, 0.15) is 0 Å². The van der Waals surface area contributed by atoms with Crippen LogP contribution in [0.1, 0.15) is 45.4 Å². The second-order valence-corrected chi connectivity index (χ2v) is 7.56. The van der Waals surface area contributed by atoms with Crippen LogP contribution in [-0.4, -0.2) is 61.0 Å². The fraction of sp³-hybridized carbons (Fsp3) is 0.941. The predicted octanol–water partition coefficient (Wildman–Crippen LogP) is 1.71. The summed E-state index contributed by atoms with van der Waals surface area (Å²) >= 11 is 0. The summed E-state index contributed by atoms with van der Waals surface area (Å²) in [7, 11) is 0. The van der Waals surface area contributed by atoms with Crippen molar-refractivity contribution in [3.05, 3.63) is 0 Å². The minimum absolute atomic E-state index is 0.241. The molecule has 3 aliphatic rings. The zero-order chi connectivity index (χ0) is 14.7. The molecule has 4 heteroatoms. The summed E-state index contributed by atoms with van der Waals surface area (Å²) in [6.45, 7) is 8.59. The fourth-order valence-electron chi connectivity index (χ4n) is 3.84.